The third kappa shape index (κ3) is 4.06. The topological polar surface area (TPSA) is 35.4 Å². The van der Waals surface area contributed by atoms with Crippen molar-refractivity contribution in [1.82, 2.24) is 0 Å². The van der Waals surface area contributed by atoms with Crippen LogP contribution in [-0.4, -0.2) is 37.1 Å². The first-order chi connectivity index (χ1) is 8.81. The number of hydrogen-bond acceptors (Lipinski definition) is 2. The van der Waals surface area contributed by atoms with Gasteiger partial charge < -0.3 is 9.59 Å². The van der Waals surface area contributed by atoms with Gasteiger partial charge in [0.25, 0.3) is 0 Å². The van der Waals surface area contributed by atoms with Crippen LogP contribution in [0.25, 0.3) is 0 Å². The van der Waals surface area contributed by atoms with Gasteiger partial charge in [0, 0.05) is 5.90 Å². The molecule has 0 amide bonds. The maximum absolute atomic E-state index is 12.2. The molecule has 0 atom stereocenters. The summed E-state index contributed by atoms with van der Waals surface area (Å²) < 4.78 is 0.742. The molecule has 0 N–H and O–H groups in total. The number of nitrogens with zero attached hydrogens (tertiary/aromatic N) is 2. The van der Waals surface area contributed by atoms with Gasteiger partial charge in [-0.15, -0.1) is 0 Å². The second-order valence-corrected chi connectivity index (χ2v) is 5.66. The maximum Gasteiger partial charge on any atom is 0.107 e. The van der Waals surface area contributed by atoms with Gasteiger partial charge in [-0.2, -0.15) is 0 Å². The lowest BCUT2D eigenvalue weighted by molar-refractivity contribution is -0.899. The smallest absolute Gasteiger partial charge is 0.107 e. The molecule has 1 rings (SSSR count). The van der Waals surface area contributed by atoms with E-state index >= 15 is 0 Å². The van der Waals surface area contributed by atoms with E-state index in [1.807, 2.05) is 13.8 Å². The predicted octanol–water partition coefficient (Wildman–Crippen LogP) is 2.49. The monoisotopic (exact) mass is 262 g/mol. The molecular formula is C16H26N2O. The fourth-order valence-corrected chi connectivity index (χ4v) is 2.28. The molecule has 3 nitrogen and oxygen atoms in total. The van der Waals surface area contributed by atoms with Gasteiger partial charge in [0.15, 0.2) is 0 Å². The minimum atomic E-state index is -0.0266. The average Bonchev–Trinajstić information content (AvgIpc) is 2.33. The summed E-state index contributed by atoms with van der Waals surface area (Å²) in [5.74, 6) is -0.0266. The lowest BCUT2D eigenvalue weighted by Crippen LogP contribution is -2.49. The lowest BCUT2D eigenvalue weighted by Gasteiger charge is -2.34. The molecule has 0 unspecified atom stereocenters. The first-order valence-corrected chi connectivity index (χ1v) is 6.97. The van der Waals surface area contributed by atoms with Gasteiger partial charge in [-0.05, 0) is 45.7 Å². The molecule has 0 spiro atoms. The minimum Gasteiger partial charge on any atom is -0.858 e. The largest absolute Gasteiger partial charge is 0.858 e. The summed E-state index contributed by atoms with van der Waals surface area (Å²) >= 11 is 0. The molecule has 0 fully saturated rings. The van der Waals surface area contributed by atoms with Crippen LogP contribution in [0.1, 0.15) is 30.5 Å². The Labute approximate surface area is 117 Å². The molecule has 0 heterocycles. The SMILES string of the molecule is CC[N+](C)(CC)CC([O-])=Nc1c(C)cc(C)cc1C. The molecule has 0 aliphatic carbocycles. The number of aryl methyl sites for hydroxylation is 3. The summed E-state index contributed by atoms with van der Waals surface area (Å²) in [7, 11) is 2.10. The van der Waals surface area contributed by atoms with Gasteiger partial charge in [0.2, 0.25) is 0 Å². The number of benzene rings is 1. The lowest BCUT2D eigenvalue weighted by atomic mass is 10.1. The first kappa shape index (κ1) is 15.7. The van der Waals surface area contributed by atoms with E-state index in [2.05, 4.69) is 44.9 Å². The minimum absolute atomic E-state index is 0.0266. The normalized spacial score (nSPS) is 12.8. The molecule has 0 aliphatic rings. The molecule has 0 radical (unpaired) electrons. The summed E-state index contributed by atoms with van der Waals surface area (Å²) in [6.07, 6.45) is 0. The maximum atomic E-state index is 12.2. The van der Waals surface area contributed by atoms with E-state index in [-0.39, 0.29) is 5.90 Å². The number of likely N-dealkylation sites (N-methyl/N-ethyl adjacent to an activating group) is 1. The quantitative estimate of drug-likeness (QED) is 0.456. The van der Waals surface area contributed by atoms with Gasteiger partial charge >= 0.3 is 0 Å². The molecule has 0 saturated carbocycles. The Bertz CT molecular complexity index is 451. The highest BCUT2D eigenvalue weighted by molar-refractivity contribution is 5.77. The number of hydrogen-bond donors (Lipinski definition) is 0. The van der Waals surface area contributed by atoms with Crippen LogP contribution >= 0.6 is 0 Å². The number of aliphatic imine (C=N–C) groups is 1. The summed E-state index contributed by atoms with van der Waals surface area (Å²) in [5, 5.41) is 12.2. The molecule has 0 bridgehead atoms. The summed E-state index contributed by atoms with van der Waals surface area (Å²) in [6, 6.07) is 4.15. The van der Waals surface area contributed by atoms with E-state index in [4.69, 9.17) is 0 Å². The molecule has 0 saturated heterocycles. The van der Waals surface area contributed by atoms with Crippen molar-refractivity contribution in [2.24, 2.45) is 4.99 Å². The van der Waals surface area contributed by atoms with Crippen LogP contribution in [0.5, 0.6) is 0 Å². The van der Waals surface area contributed by atoms with Crippen molar-refractivity contribution in [2.45, 2.75) is 34.6 Å². The molecule has 106 valence electrons. The van der Waals surface area contributed by atoms with Gasteiger partial charge in [0.1, 0.15) is 6.54 Å². The van der Waals surface area contributed by atoms with E-state index in [1.165, 1.54) is 5.56 Å². The van der Waals surface area contributed by atoms with Crippen molar-refractivity contribution in [3.05, 3.63) is 28.8 Å². The van der Waals surface area contributed by atoms with Crippen molar-refractivity contribution in [2.75, 3.05) is 26.7 Å². The highest BCUT2D eigenvalue weighted by atomic mass is 16.3. The molecular weight excluding hydrogens is 236 g/mol. The zero-order chi connectivity index (χ0) is 14.6. The van der Waals surface area contributed by atoms with Gasteiger partial charge in [-0.1, -0.05) is 17.7 Å². The van der Waals surface area contributed by atoms with Gasteiger partial charge in [-0.3, -0.25) is 4.99 Å². The van der Waals surface area contributed by atoms with Gasteiger partial charge in [0.05, 0.1) is 25.8 Å². The fourth-order valence-electron chi connectivity index (χ4n) is 2.28. The van der Waals surface area contributed by atoms with Gasteiger partial charge in [-0.25, -0.2) is 0 Å². The second kappa shape index (κ2) is 6.20. The molecule has 1 aromatic rings. The Kier molecular flexibility index (Phi) is 5.12. The zero-order valence-electron chi connectivity index (χ0n) is 13.1. The molecule has 3 heteroatoms. The van der Waals surface area contributed by atoms with Crippen LogP contribution in [-0.2, 0) is 0 Å². The Balaban J connectivity index is 3.03. The standard InChI is InChI=1S/C16H26N2O/c1-7-18(6,8-2)11-15(19)17-16-13(4)9-12(3)10-14(16)5/h9-10H,7-8,11H2,1-6H3. The number of rotatable bonds is 5. The summed E-state index contributed by atoms with van der Waals surface area (Å²) in [5.41, 5.74) is 4.21. The molecule has 0 aromatic heterocycles. The van der Waals surface area contributed by atoms with E-state index < -0.39 is 0 Å². The zero-order valence-corrected chi connectivity index (χ0v) is 13.1. The third-order valence-electron chi connectivity index (χ3n) is 3.92. The van der Waals surface area contributed by atoms with Crippen LogP contribution < -0.4 is 5.11 Å². The summed E-state index contributed by atoms with van der Waals surface area (Å²) in [6.45, 7) is 12.7. The molecule has 0 aliphatic heterocycles. The summed E-state index contributed by atoms with van der Waals surface area (Å²) in [4.78, 5) is 4.33. The van der Waals surface area contributed by atoms with Crippen molar-refractivity contribution in [1.29, 1.82) is 0 Å². The third-order valence-corrected chi connectivity index (χ3v) is 3.92. The van der Waals surface area contributed by atoms with Crippen molar-refractivity contribution in [3.63, 3.8) is 0 Å². The van der Waals surface area contributed by atoms with Crippen LogP contribution in [0, 0.1) is 20.8 Å². The van der Waals surface area contributed by atoms with Crippen LogP contribution in [0.4, 0.5) is 5.69 Å². The molecule has 19 heavy (non-hydrogen) atoms. The van der Waals surface area contributed by atoms with E-state index in [0.717, 1.165) is 34.4 Å². The Hall–Kier alpha value is -1.35. The fraction of sp³-hybridized carbons (Fsp3) is 0.562. The van der Waals surface area contributed by atoms with E-state index in [1.54, 1.807) is 0 Å². The first-order valence-electron chi connectivity index (χ1n) is 6.97. The van der Waals surface area contributed by atoms with Crippen LogP contribution in [0.3, 0.4) is 0 Å². The Morgan fingerprint density at radius 3 is 2.00 bits per heavy atom. The molecule has 1 aromatic carbocycles. The van der Waals surface area contributed by atoms with Crippen molar-refractivity contribution in [3.8, 4) is 0 Å². The number of quaternary nitrogens is 1. The Morgan fingerprint density at radius 1 is 1.11 bits per heavy atom. The second-order valence-electron chi connectivity index (χ2n) is 5.66. The van der Waals surface area contributed by atoms with E-state index in [9.17, 15) is 5.11 Å². The predicted molar refractivity (Wildman–Crippen MR) is 79.9 cm³/mol. The Morgan fingerprint density at radius 2 is 1.58 bits per heavy atom. The van der Waals surface area contributed by atoms with Crippen molar-refractivity contribution >= 4 is 11.6 Å². The van der Waals surface area contributed by atoms with Crippen LogP contribution in [0.15, 0.2) is 17.1 Å². The van der Waals surface area contributed by atoms with Crippen LogP contribution in [0.2, 0.25) is 0 Å². The average molecular weight is 262 g/mol. The van der Waals surface area contributed by atoms with E-state index in [0.29, 0.717) is 6.54 Å². The van der Waals surface area contributed by atoms with Crippen molar-refractivity contribution < 1.29 is 9.59 Å². The highest BCUT2D eigenvalue weighted by Gasteiger charge is 2.15. The highest BCUT2D eigenvalue weighted by Crippen LogP contribution is 2.25.